The first-order chi connectivity index (χ1) is 14.0. The first kappa shape index (κ1) is 18.0. The van der Waals surface area contributed by atoms with Gasteiger partial charge in [-0.05, 0) is 37.3 Å². The monoisotopic (exact) mass is 400 g/mol. The highest BCUT2D eigenvalue weighted by Gasteiger charge is 2.46. The van der Waals surface area contributed by atoms with Gasteiger partial charge in [0, 0.05) is 16.8 Å². The molecule has 0 saturated carbocycles. The van der Waals surface area contributed by atoms with Crippen molar-refractivity contribution in [1.29, 1.82) is 0 Å². The fourth-order valence-corrected chi connectivity index (χ4v) is 3.42. The van der Waals surface area contributed by atoms with Crippen LogP contribution in [-0.2, 0) is 15.4 Å². The van der Waals surface area contributed by atoms with Gasteiger partial charge in [0.05, 0.1) is 25.3 Å². The molecule has 8 nitrogen and oxygen atoms in total. The summed E-state index contributed by atoms with van der Waals surface area (Å²) in [5.41, 5.74) is 2.47. The van der Waals surface area contributed by atoms with Crippen LogP contribution in [0.25, 0.3) is 16.6 Å². The number of nitrogens with one attached hydrogen (secondary N) is 2. The summed E-state index contributed by atoms with van der Waals surface area (Å²) in [5, 5.41) is 15.5. The van der Waals surface area contributed by atoms with E-state index < -0.39 is 12.0 Å². The number of H-pyrrole nitrogens is 1. The molecule has 0 bridgehead atoms. The molecule has 1 aliphatic heterocycles. The second-order valence-electron chi connectivity index (χ2n) is 6.88. The number of aryl methyl sites for hydroxylation is 1. The number of alkyl halides is 2. The van der Waals surface area contributed by atoms with Crippen LogP contribution in [0, 0.1) is 6.92 Å². The Balaban J connectivity index is 1.49. The van der Waals surface area contributed by atoms with Crippen molar-refractivity contribution in [2.75, 3.05) is 25.1 Å². The lowest BCUT2D eigenvalue weighted by Gasteiger charge is -2.30. The van der Waals surface area contributed by atoms with Gasteiger partial charge >= 0.3 is 5.92 Å². The molecule has 4 heterocycles. The SMILES string of the molecule is Cc1[nH]nc2cc(Nc3nc4cccc(C(F)(F)C5COCCO5)n4n3)ccc12. The van der Waals surface area contributed by atoms with Crippen LogP contribution in [-0.4, -0.2) is 50.7 Å². The number of aromatic nitrogens is 5. The summed E-state index contributed by atoms with van der Waals surface area (Å²) in [6, 6.07) is 10.1. The van der Waals surface area contributed by atoms with Gasteiger partial charge in [-0.2, -0.15) is 18.9 Å². The number of hydrogen-bond acceptors (Lipinski definition) is 6. The van der Waals surface area contributed by atoms with Crippen molar-refractivity contribution in [2.45, 2.75) is 19.0 Å². The summed E-state index contributed by atoms with van der Waals surface area (Å²) in [7, 11) is 0. The van der Waals surface area contributed by atoms with E-state index in [2.05, 4.69) is 25.6 Å². The van der Waals surface area contributed by atoms with Gasteiger partial charge in [0.25, 0.3) is 0 Å². The van der Waals surface area contributed by atoms with Crippen LogP contribution in [0.3, 0.4) is 0 Å². The van der Waals surface area contributed by atoms with Crippen molar-refractivity contribution < 1.29 is 18.3 Å². The molecule has 10 heteroatoms. The van der Waals surface area contributed by atoms with Gasteiger partial charge in [0.1, 0.15) is 5.69 Å². The van der Waals surface area contributed by atoms with E-state index in [1.807, 2.05) is 25.1 Å². The zero-order valence-corrected chi connectivity index (χ0v) is 15.5. The number of hydrogen-bond donors (Lipinski definition) is 2. The maximum Gasteiger partial charge on any atom is 0.317 e. The molecular weight excluding hydrogens is 382 g/mol. The van der Waals surface area contributed by atoms with E-state index in [0.29, 0.717) is 17.9 Å². The van der Waals surface area contributed by atoms with Crippen molar-refractivity contribution in [3.05, 3.63) is 47.8 Å². The summed E-state index contributed by atoms with van der Waals surface area (Å²) in [4.78, 5) is 4.32. The number of aromatic amines is 1. The molecule has 5 rings (SSSR count). The highest BCUT2D eigenvalue weighted by Crippen LogP contribution is 2.35. The van der Waals surface area contributed by atoms with Gasteiger partial charge in [0.2, 0.25) is 5.95 Å². The van der Waals surface area contributed by atoms with Crippen LogP contribution in [0.15, 0.2) is 36.4 Å². The number of pyridine rings is 1. The number of benzene rings is 1. The Hall–Kier alpha value is -3.11. The molecule has 29 heavy (non-hydrogen) atoms. The number of nitrogens with zero attached hydrogens (tertiary/aromatic N) is 4. The van der Waals surface area contributed by atoms with E-state index in [-0.39, 0.29) is 24.9 Å². The Morgan fingerprint density at radius 3 is 2.97 bits per heavy atom. The van der Waals surface area contributed by atoms with Gasteiger partial charge in [-0.15, -0.1) is 5.10 Å². The Morgan fingerprint density at radius 2 is 2.14 bits per heavy atom. The molecule has 0 amide bonds. The zero-order valence-electron chi connectivity index (χ0n) is 15.5. The van der Waals surface area contributed by atoms with Gasteiger partial charge in [0.15, 0.2) is 11.8 Å². The van der Waals surface area contributed by atoms with Crippen molar-refractivity contribution in [2.24, 2.45) is 0 Å². The lowest BCUT2D eigenvalue weighted by molar-refractivity contribution is -0.201. The van der Waals surface area contributed by atoms with Crippen LogP contribution < -0.4 is 5.32 Å². The molecule has 0 spiro atoms. The molecule has 3 aromatic heterocycles. The number of anilines is 2. The summed E-state index contributed by atoms with van der Waals surface area (Å²) < 4.78 is 41.6. The van der Waals surface area contributed by atoms with Crippen molar-refractivity contribution >= 4 is 28.2 Å². The Morgan fingerprint density at radius 1 is 1.24 bits per heavy atom. The first-order valence-electron chi connectivity index (χ1n) is 9.17. The third kappa shape index (κ3) is 3.10. The Bertz CT molecular complexity index is 1180. The second kappa shape index (κ2) is 6.75. The van der Waals surface area contributed by atoms with Gasteiger partial charge in [-0.3, -0.25) is 5.10 Å². The summed E-state index contributed by atoms with van der Waals surface area (Å²) >= 11 is 0. The average molecular weight is 400 g/mol. The van der Waals surface area contributed by atoms with E-state index >= 15 is 8.78 Å². The van der Waals surface area contributed by atoms with Crippen LogP contribution in [0.4, 0.5) is 20.4 Å². The van der Waals surface area contributed by atoms with Crippen LogP contribution in [0.5, 0.6) is 0 Å². The maximum atomic E-state index is 15.1. The molecule has 0 aliphatic carbocycles. The molecule has 1 unspecified atom stereocenters. The molecule has 2 N–H and O–H groups in total. The molecule has 1 atom stereocenters. The molecule has 4 aromatic rings. The Labute approximate surface area is 163 Å². The zero-order chi connectivity index (χ0) is 20.0. The third-order valence-corrected chi connectivity index (χ3v) is 4.92. The lowest BCUT2D eigenvalue weighted by atomic mass is 10.1. The number of ether oxygens (including phenoxy) is 2. The molecule has 0 radical (unpaired) electrons. The number of halogens is 2. The third-order valence-electron chi connectivity index (χ3n) is 4.92. The topological polar surface area (TPSA) is 89.4 Å². The van der Waals surface area contributed by atoms with Gasteiger partial charge < -0.3 is 14.8 Å². The smallest absolute Gasteiger partial charge is 0.317 e. The molecule has 1 fully saturated rings. The molecular formula is C19H18F2N6O2. The standard InChI is InChI=1S/C19H18F2N6O2/c1-11-13-6-5-12(9-14(13)25-24-11)22-18-23-17-4-2-3-15(27(17)26-18)19(20,21)16-10-28-7-8-29-16/h2-6,9,16H,7-8,10H2,1H3,(H,22,26)(H,24,25). The molecule has 1 saturated heterocycles. The largest absolute Gasteiger partial charge is 0.376 e. The Kier molecular flexibility index (Phi) is 4.18. The normalized spacial score (nSPS) is 17.8. The van der Waals surface area contributed by atoms with E-state index in [9.17, 15) is 0 Å². The summed E-state index contributed by atoms with van der Waals surface area (Å²) in [5.74, 6) is -3.07. The molecule has 1 aromatic carbocycles. The average Bonchev–Trinajstić information content (AvgIpc) is 3.31. The minimum Gasteiger partial charge on any atom is -0.376 e. The highest BCUT2D eigenvalue weighted by molar-refractivity contribution is 5.84. The molecule has 1 aliphatic rings. The molecule has 150 valence electrons. The van der Waals surface area contributed by atoms with Crippen LogP contribution >= 0.6 is 0 Å². The fourth-order valence-electron chi connectivity index (χ4n) is 3.42. The van der Waals surface area contributed by atoms with E-state index in [4.69, 9.17) is 9.47 Å². The predicted octanol–water partition coefficient (Wildman–Crippen LogP) is 3.16. The van der Waals surface area contributed by atoms with Gasteiger partial charge in [-0.1, -0.05) is 6.07 Å². The van der Waals surface area contributed by atoms with Crippen LogP contribution in [0.2, 0.25) is 0 Å². The summed E-state index contributed by atoms with van der Waals surface area (Å²) in [6.45, 7) is 2.21. The predicted molar refractivity (Wildman–Crippen MR) is 102 cm³/mol. The number of fused-ring (bicyclic) bond motifs is 2. The van der Waals surface area contributed by atoms with Crippen molar-refractivity contribution in [3.8, 4) is 0 Å². The second-order valence-corrected chi connectivity index (χ2v) is 6.88. The van der Waals surface area contributed by atoms with Crippen molar-refractivity contribution in [1.82, 2.24) is 24.8 Å². The van der Waals surface area contributed by atoms with E-state index in [1.165, 1.54) is 12.1 Å². The first-order valence-corrected chi connectivity index (χ1v) is 9.17. The summed E-state index contributed by atoms with van der Waals surface area (Å²) in [6.07, 6.45) is -1.37. The fraction of sp³-hybridized carbons (Fsp3) is 0.316. The van der Waals surface area contributed by atoms with Crippen molar-refractivity contribution in [3.63, 3.8) is 0 Å². The number of rotatable bonds is 4. The minimum absolute atomic E-state index is 0.134. The lowest BCUT2D eigenvalue weighted by Crippen LogP contribution is -2.42. The highest BCUT2D eigenvalue weighted by atomic mass is 19.3. The van der Waals surface area contributed by atoms with E-state index in [1.54, 1.807) is 6.07 Å². The minimum atomic E-state index is -3.28. The van der Waals surface area contributed by atoms with Crippen LogP contribution in [0.1, 0.15) is 11.4 Å². The maximum absolute atomic E-state index is 15.1. The van der Waals surface area contributed by atoms with E-state index in [0.717, 1.165) is 21.1 Å². The quantitative estimate of drug-likeness (QED) is 0.547. The van der Waals surface area contributed by atoms with Gasteiger partial charge in [-0.25, -0.2) is 4.52 Å².